The molecule has 0 bridgehead atoms. The first kappa shape index (κ1) is 11.4. The molecule has 0 radical (unpaired) electrons. The average molecular weight is 371 g/mol. The van der Waals surface area contributed by atoms with Gasteiger partial charge in [-0.05, 0) is 50.7 Å². The third-order valence-corrected chi connectivity index (χ3v) is 2.98. The molecule has 0 aliphatic carbocycles. The number of carboxylic acids is 2. The Bertz CT molecular complexity index is 381. The summed E-state index contributed by atoms with van der Waals surface area (Å²) in [6.45, 7) is 0. The summed E-state index contributed by atoms with van der Waals surface area (Å²) in [7, 11) is 0. The van der Waals surface area contributed by atoms with Crippen molar-refractivity contribution in [3.05, 3.63) is 31.3 Å². The first-order valence-electron chi connectivity index (χ1n) is 3.39. The minimum Gasteiger partial charge on any atom is -0.478 e. The largest absolute Gasteiger partial charge is 0.478 e. The highest BCUT2D eigenvalue weighted by atomic mass is 127. The first-order valence-corrected chi connectivity index (χ1v) is 5.26. The quantitative estimate of drug-likeness (QED) is 0.784. The van der Waals surface area contributed by atoms with Crippen molar-refractivity contribution in [1.82, 2.24) is 0 Å². The number of halogens is 2. The van der Waals surface area contributed by atoms with E-state index < -0.39 is 11.9 Å². The molecule has 1 aromatic rings. The van der Waals surface area contributed by atoms with E-state index in [9.17, 15) is 9.59 Å². The number of carbonyl (C=O) groups is 2. The molecule has 0 aliphatic rings. The van der Waals surface area contributed by atoms with Crippen LogP contribution in [0.5, 0.6) is 0 Å². The molecule has 0 fully saturated rings. The second-order valence-electron chi connectivity index (χ2n) is 2.43. The lowest BCUT2D eigenvalue weighted by Gasteiger charge is -2.04. The van der Waals surface area contributed by atoms with Crippen molar-refractivity contribution in [2.75, 3.05) is 0 Å². The lowest BCUT2D eigenvalue weighted by atomic mass is 10.1. The van der Waals surface area contributed by atoms with Gasteiger partial charge in [-0.1, -0.05) is 0 Å². The van der Waals surface area contributed by atoms with Gasteiger partial charge in [0.05, 0.1) is 11.1 Å². The Hall–Kier alpha value is -0.630. The van der Waals surface area contributed by atoms with Crippen LogP contribution in [-0.4, -0.2) is 22.2 Å². The lowest BCUT2D eigenvalue weighted by Crippen LogP contribution is -2.05. The van der Waals surface area contributed by atoms with Crippen LogP contribution in [-0.2, 0) is 0 Å². The number of rotatable bonds is 2. The Morgan fingerprint density at radius 3 is 1.79 bits per heavy atom. The Kier molecular flexibility index (Phi) is 3.48. The summed E-state index contributed by atoms with van der Waals surface area (Å²) in [5.41, 5.74) is -0.0939. The highest BCUT2D eigenvalue weighted by Crippen LogP contribution is 2.24. The fraction of sp³-hybridized carbons (Fsp3) is 0. The van der Waals surface area contributed by atoms with Crippen molar-refractivity contribution < 1.29 is 19.8 Å². The lowest BCUT2D eigenvalue weighted by molar-refractivity contribution is 0.0696. The minimum absolute atomic E-state index is 0.0469. The van der Waals surface area contributed by atoms with Crippen molar-refractivity contribution in [2.45, 2.75) is 0 Å². The SMILES string of the molecule is O=C(O)c1cc(I)cc(C(=O)O)c1Br. The van der Waals surface area contributed by atoms with Gasteiger partial charge in [-0.15, -0.1) is 0 Å². The zero-order chi connectivity index (χ0) is 10.9. The van der Waals surface area contributed by atoms with Gasteiger partial charge in [-0.3, -0.25) is 0 Å². The van der Waals surface area contributed by atoms with Crippen LogP contribution in [0.2, 0.25) is 0 Å². The predicted molar refractivity (Wildman–Crippen MR) is 60.8 cm³/mol. The smallest absolute Gasteiger partial charge is 0.336 e. The van der Waals surface area contributed by atoms with E-state index in [1.54, 1.807) is 0 Å². The van der Waals surface area contributed by atoms with Gasteiger partial charge in [0.15, 0.2) is 0 Å². The molecule has 14 heavy (non-hydrogen) atoms. The summed E-state index contributed by atoms with van der Waals surface area (Å²) in [5, 5.41) is 17.5. The molecule has 1 rings (SSSR count). The normalized spacial score (nSPS) is 9.86. The zero-order valence-corrected chi connectivity index (χ0v) is 10.4. The van der Waals surface area contributed by atoms with Crippen molar-refractivity contribution in [3.8, 4) is 0 Å². The van der Waals surface area contributed by atoms with Gasteiger partial charge >= 0.3 is 11.9 Å². The minimum atomic E-state index is -1.15. The molecule has 4 nitrogen and oxygen atoms in total. The van der Waals surface area contributed by atoms with Gasteiger partial charge in [0, 0.05) is 8.04 Å². The van der Waals surface area contributed by atoms with E-state index in [0.29, 0.717) is 3.57 Å². The highest BCUT2D eigenvalue weighted by Gasteiger charge is 2.17. The summed E-state index contributed by atoms with van der Waals surface area (Å²) in [6.07, 6.45) is 0. The maximum Gasteiger partial charge on any atom is 0.336 e. The second kappa shape index (κ2) is 4.26. The Morgan fingerprint density at radius 2 is 1.50 bits per heavy atom. The van der Waals surface area contributed by atoms with Crippen LogP contribution in [0.25, 0.3) is 0 Å². The van der Waals surface area contributed by atoms with Crippen molar-refractivity contribution in [3.63, 3.8) is 0 Å². The molecule has 0 unspecified atom stereocenters. The molecule has 0 saturated carbocycles. The summed E-state index contributed by atoms with van der Waals surface area (Å²) >= 11 is 4.82. The van der Waals surface area contributed by atoms with Gasteiger partial charge < -0.3 is 10.2 Å². The van der Waals surface area contributed by atoms with E-state index in [1.807, 2.05) is 22.6 Å². The molecular weight excluding hydrogens is 367 g/mol. The maximum absolute atomic E-state index is 10.7. The summed E-state index contributed by atoms with van der Waals surface area (Å²) in [5.74, 6) is -2.31. The van der Waals surface area contributed by atoms with Gasteiger partial charge in [0.2, 0.25) is 0 Å². The zero-order valence-electron chi connectivity index (χ0n) is 6.62. The molecule has 0 aliphatic heterocycles. The predicted octanol–water partition coefficient (Wildman–Crippen LogP) is 2.45. The molecule has 0 aromatic heterocycles. The standard InChI is InChI=1S/C8H4BrIO4/c9-6-4(7(11)12)1-3(10)2-5(6)8(13)14/h1-2H,(H,11,12)(H,13,14). The van der Waals surface area contributed by atoms with E-state index in [2.05, 4.69) is 15.9 Å². The molecular formula is C8H4BrIO4. The van der Waals surface area contributed by atoms with E-state index in [-0.39, 0.29) is 15.6 Å². The molecule has 1 aromatic carbocycles. The van der Waals surface area contributed by atoms with Crippen LogP contribution in [0.3, 0.4) is 0 Å². The Labute approximate surface area is 101 Å². The van der Waals surface area contributed by atoms with Crippen LogP contribution < -0.4 is 0 Å². The van der Waals surface area contributed by atoms with Crippen LogP contribution in [0.4, 0.5) is 0 Å². The number of hydrogen-bond donors (Lipinski definition) is 2. The summed E-state index contributed by atoms with van der Waals surface area (Å²) < 4.78 is 0.665. The molecule has 0 spiro atoms. The first-order chi connectivity index (χ1) is 6.43. The molecule has 0 heterocycles. The van der Waals surface area contributed by atoms with E-state index in [1.165, 1.54) is 12.1 Å². The summed E-state index contributed by atoms with van der Waals surface area (Å²) in [4.78, 5) is 21.4. The highest BCUT2D eigenvalue weighted by molar-refractivity contribution is 14.1. The topological polar surface area (TPSA) is 74.6 Å². The van der Waals surface area contributed by atoms with Crippen molar-refractivity contribution in [1.29, 1.82) is 0 Å². The monoisotopic (exact) mass is 370 g/mol. The fourth-order valence-corrected chi connectivity index (χ4v) is 2.09. The Balaban J connectivity index is 3.47. The van der Waals surface area contributed by atoms with Gasteiger partial charge in [-0.25, -0.2) is 9.59 Å². The molecule has 0 amide bonds. The number of hydrogen-bond acceptors (Lipinski definition) is 2. The Morgan fingerprint density at radius 1 is 1.14 bits per heavy atom. The maximum atomic E-state index is 10.7. The van der Waals surface area contributed by atoms with Gasteiger partial charge in [0.25, 0.3) is 0 Å². The average Bonchev–Trinajstić information content (AvgIpc) is 2.07. The molecule has 6 heteroatoms. The van der Waals surface area contributed by atoms with Gasteiger partial charge in [0.1, 0.15) is 0 Å². The van der Waals surface area contributed by atoms with Crippen LogP contribution in [0, 0.1) is 3.57 Å². The fourth-order valence-electron chi connectivity index (χ4n) is 0.900. The van der Waals surface area contributed by atoms with Crippen molar-refractivity contribution in [2.24, 2.45) is 0 Å². The molecule has 0 saturated heterocycles. The third kappa shape index (κ3) is 2.24. The number of benzene rings is 1. The van der Waals surface area contributed by atoms with E-state index in [0.717, 1.165) is 0 Å². The van der Waals surface area contributed by atoms with Crippen molar-refractivity contribution >= 4 is 50.5 Å². The molecule has 0 atom stereocenters. The van der Waals surface area contributed by atoms with Crippen LogP contribution in [0.15, 0.2) is 16.6 Å². The number of aromatic carboxylic acids is 2. The van der Waals surface area contributed by atoms with E-state index >= 15 is 0 Å². The third-order valence-electron chi connectivity index (χ3n) is 1.50. The van der Waals surface area contributed by atoms with Crippen LogP contribution in [0.1, 0.15) is 20.7 Å². The second-order valence-corrected chi connectivity index (χ2v) is 4.46. The van der Waals surface area contributed by atoms with Gasteiger partial charge in [-0.2, -0.15) is 0 Å². The molecule has 2 N–H and O–H groups in total. The van der Waals surface area contributed by atoms with E-state index in [4.69, 9.17) is 10.2 Å². The van der Waals surface area contributed by atoms with Crippen LogP contribution >= 0.6 is 38.5 Å². The summed E-state index contributed by atoms with van der Waals surface area (Å²) in [6, 6.07) is 2.80. The number of carboxylic acid groups (broad SMARTS) is 2. The molecule has 74 valence electrons.